The second kappa shape index (κ2) is 5.20. The monoisotopic (exact) mass is 226 g/mol. The zero-order chi connectivity index (χ0) is 12.1. The van der Waals surface area contributed by atoms with Crippen molar-refractivity contribution in [2.75, 3.05) is 18.9 Å². The summed E-state index contributed by atoms with van der Waals surface area (Å²) in [6.07, 6.45) is 0. The highest BCUT2D eigenvalue weighted by atomic mass is 16.5. The number of pyridine rings is 1. The van der Waals surface area contributed by atoms with Gasteiger partial charge in [-0.1, -0.05) is 0 Å². The summed E-state index contributed by atoms with van der Waals surface area (Å²) in [7, 11) is 0. The second-order valence-electron chi connectivity index (χ2n) is 2.91. The van der Waals surface area contributed by atoms with Gasteiger partial charge in [0.1, 0.15) is 5.56 Å². The van der Waals surface area contributed by atoms with Gasteiger partial charge in [0.15, 0.2) is 0 Å². The first kappa shape index (κ1) is 12.1. The summed E-state index contributed by atoms with van der Waals surface area (Å²) in [6, 6.07) is 1.28. The molecule has 1 heterocycles. The van der Waals surface area contributed by atoms with Gasteiger partial charge in [-0.05, 0) is 19.9 Å². The summed E-state index contributed by atoms with van der Waals surface area (Å²) in [4.78, 5) is 14.8. The largest absolute Gasteiger partial charge is 0.477 e. The number of carboxylic acids is 1. The lowest BCUT2D eigenvalue weighted by atomic mass is 10.2. The van der Waals surface area contributed by atoms with Crippen molar-refractivity contribution >= 4 is 11.7 Å². The van der Waals surface area contributed by atoms with Crippen LogP contribution in [0.3, 0.4) is 0 Å². The maximum absolute atomic E-state index is 10.9. The minimum Gasteiger partial charge on any atom is -0.477 e. The molecule has 0 radical (unpaired) electrons. The Morgan fingerprint density at radius 2 is 1.94 bits per heavy atom. The van der Waals surface area contributed by atoms with Crippen molar-refractivity contribution in [1.82, 2.24) is 4.98 Å². The van der Waals surface area contributed by atoms with Crippen molar-refractivity contribution in [3.8, 4) is 11.8 Å². The predicted octanol–water partition coefficient (Wildman–Crippen LogP) is 1.16. The van der Waals surface area contributed by atoms with Crippen molar-refractivity contribution < 1.29 is 19.4 Å². The Kier molecular flexibility index (Phi) is 3.93. The molecule has 0 fully saturated rings. The highest BCUT2D eigenvalue weighted by Crippen LogP contribution is 2.26. The minimum absolute atomic E-state index is 0.0210. The van der Waals surface area contributed by atoms with E-state index in [0.717, 1.165) is 0 Å². The van der Waals surface area contributed by atoms with Crippen LogP contribution in [-0.4, -0.2) is 29.3 Å². The van der Waals surface area contributed by atoms with Crippen molar-refractivity contribution in [1.29, 1.82) is 0 Å². The molecule has 0 unspecified atom stereocenters. The lowest BCUT2D eigenvalue weighted by Gasteiger charge is -2.10. The molecule has 16 heavy (non-hydrogen) atoms. The van der Waals surface area contributed by atoms with E-state index in [0.29, 0.717) is 13.2 Å². The molecule has 1 aromatic rings. The van der Waals surface area contributed by atoms with Crippen LogP contribution in [0.4, 0.5) is 5.69 Å². The first-order valence-electron chi connectivity index (χ1n) is 4.89. The van der Waals surface area contributed by atoms with Gasteiger partial charge in [0.05, 0.1) is 18.9 Å². The third kappa shape index (κ3) is 2.53. The fourth-order valence-corrected chi connectivity index (χ4v) is 1.15. The van der Waals surface area contributed by atoms with E-state index in [4.69, 9.17) is 20.3 Å². The standard InChI is InChI=1S/C10H14N2O4/c1-3-15-8-6(10(13)14)5-7(11)9(12-8)16-4-2/h5H,3-4,11H2,1-2H3,(H,13,14). The highest BCUT2D eigenvalue weighted by molar-refractivity contribution is 5.91. The first-order valence-corrected chi connectivity index (χ1v) is 4.89. The number of nitrogen functional groups attached to an aromatic ring is 1. The molecule has 0 aliphatic rings. The SMILES string of the molecule is CCOc1nc(OCC)c(C(=O)O)cc1N. The van der Waals surface area contributed by atoms with E-state index in [-0.39, 0.29) is 23.0 Å². The smallest absolute Gasteiger partial charge is 0.341 e. The molecule has 0 aliphatic heterocycles. The Bertz CT molecular complexity index is 393. The molecule has 0 aliphatic carbocycles. The van der Waals surface area contributed by atoms with Crippen LogP contribution >= 0.6 is 0 Å². The predicted molar refractivity (Wildman–Crippen MR) is 57.9 cm³/mol. The lowest BCUT2D eigenvalue weighted by molar-refractivity contribution is 0.0691. The zero-order valence-electron chi connectivity index (χ0n) is 9.19. The Morgan fingerprint density at radius 3 is 2.44 bits per heavy atom. The van der Waals surface area contributed by atoms with Crippen molar-refractivity contribution in [3.63, 3.8) is 0 Å². The number of nitrogens with zero attached hydrogens (tertiary/aromatic N) is 1. The van der Waals surface area contributed by atoms with Gasteiger partial charge in [0.2, 0.25) is 11.8 Å². The van der Waals surface area contributed by atoms with Crippen molar-refractivity contribution in [2.24, 2.45) is 0 Å². The summed E-state index contributed by atoms with van der Waals surface area (Å²) in [5, 5.41) is 8.92. The third-order valence-corrected chi connectivity index (χ3v) is 1.77. The second-order valence-corrected chi connectivity index (χ2v) is 2.91. The van der Waals surface area contributed by atoms with Crippen LogP contribution in [0.15, 0.2) is 6.07 Å². The van der Waals surface area contributed by atoms with Crippen LogP contribution in [0.5, 0.6) is 11.8 Å². The highest BCUT2D eigenvalue weighted by Gasteiger charge is 2.17. The fraction of sp³-hybridized carbons (Fsp3) is 0.400. The number of aromatic nitrogens is 1. The molecular formula is C10H14N2O4. The van der Waals surface area contributed by atoms with E-state index in [1.54, 1.807) is 13.8 Å². The van der Waals surface area contributed by atoms with E-state index < -0.39 is 5.97 Å². The lowest BCUT2D eigenvalue weighted by Crippen LogP contribution is -2.08. The molecule has 0 amide bonds. The minimum atomic E-state index is -1.13. The van der Waals surface area contributed by atoms with Gasteiger partial charge in [-0.15, -0.1) is 0 Å². The fourth-order valence-electron chi connectivity index (χ4n) is 1.15. The van der Waals surface area contributed by atoms with Gasteiger partial charge in [-0.2, -0.15) is 4.98 Å². The number of rotatable bonds is 5. The molecule has 1 rings (SSSR count). The Labute approximate surface area is 93.0 Å². The zero-order valence-corrected chi connectivity index (χ0v) is 9.19. The van der Waals surface area contributed by atoms with Gasteiger partial charge >= 0.3 is 5.97 Å². The number of hydrogen-bond donors (Lipinski definition) is 2. The molecule has 88 valence electrons. The van der Waals surface area contributed by atoms with Gasteiger partial charge in [-0.3, -0.25) is 0 Å². The van der Waals surface area contributed by atoms with E-state index in [1.807, 2.05) is 0 Å². The van der Waals surface area contributed by atoms with Gasteiger partial charge in [0.25, 0.3) is 0 Å². The molecular weight excluding hydrogens is 212 g/mol. The molecule has 0 saturated heterocycles. The molecule has 6 nitrogen and oxygen atoms in total. The number of anilines is 1. The van der Waals surface area contributed by atoms with Gasteiger partial charge in [-0.25, -0.2) is 4.79 Å². The van der Waals surface area contributed by atoms with Crippen LogP contribution in [0.1, 0.15) is 24.2 Å². The van der Waals surface area contributed by atoms with Crippen molar-refractivity contribution in [2.45, 2.75) is 13.8 Å². The number of hydrogen-bond acceptors (Lipinski definition) is 5. The van der Waals surface area contributed by atoms with Gasteiger partial charge < -0.3 is 20.3 Å². The molecule has 0 bridgehead atoms. The Morgan fingerprint density at radius 1 is 1.38 bits per heavy atom. The Balaban J connectivity index is 3.19. The summed E-state index contributed by atoms with van der Waals surface area (Å²) in [6.45, 7) is 4.24. The Hall–Kier alpha value is -1.98. The van der Waals surface area contributed by atoms with Crippen LogP contribution in [0, 0.1) is 0 Å². The first-order chi connectivity index (χ1) is 7.60. The number of aromatic carboxylic acids is 1. The number of ether oxygens (including phenoxy) is 2. The quantitative estimate of drug-likeness (QED) is 0.782. The maximum Gasteiger partial charge on any atom is 0.341 e. The van der Waals surface area contributed by atoms with Crippen LogP contribution < -0.4 is 15.2 Å². The number of carboxylic acid groups (broad SMARTS) is 1. The third-order valence-electron chi connectivity index (χ3n) is 1.77. The van der Waals surface area contributed by atoms with Crippen LogP contribution in [-0.2, 0) is 0 Å². The van der Waals surface area contributed by atoms with Crippen LogP contribution in [0.25, 0.3) is 0 Å². The summed E-state index contributed by atoms with van der Waals surface area (Å²) in [5.74, 6) is -0.922. The van der Waals surface area contributed by atoms with Gasteiger partial charge in [0, 0.05) is 0 Å². The number of nitrogens with two attached hydrogens (primary N) is 1. The molecule has 0 saturated carbocycles. The van der Waals surface area contributed by atoms with E-state index in [2.05, 4.69) is 4.98 Å². The van der Waals surface area contributed by atoms with E-state index in [1.165, 1.54) is 6.07 Å². The average molecular weight is 226 g/mol. The maximum atomic E-state index is 10.9. The number of carbonyl (C=O) groups is 1. The molecule has 0 aromatic carbocycles. The summed E-state index contributed by atoms with van der Waals surface area (Å²) in [5.41, 5.74) is 5.72. The van der Waals surface area contributed by atoms with Crippen molar-refractivity contribution in [3.05, 3.63) is 11.6 Å². The van der Waals surface area contributed by atoms with Crippen LogP contribution in [0.2, 0.25) is 0 Å². The average Bonchev–Trinajstić information content (AvgIpc) is 2.23. The normalized spacial score (nSPS) is 9.88. The summed E-state index contributed by atoms with van der Waals surface area (Å²) >= 11 is 0. The molecule has 1 aromatic heterocycles. The topological polar surface area (TPSA) is 94.7 Å². The van der Waals surface area contributed by atoms with E-state index in [9.17, 15) is 4.79 Å². The molecule has 6 heteroatoms. The summed E-state index contributed by atoms with van der Waals surface area (Å²) < 4.78 is 10.3. The molecule has 3 N–H and O–H groups in total. The molecule has 0 spiro atoms. The molecule has 0 atom stereocenters. The van der Waals surface area contributed by atoms with E-state index >= 15 is 0 Å².